The van der Waals surface area contributed by atoms with E-state index in [1.54, 1.807) is 38.1 Å². The van der Waals surface area contributed by atoms with Crippen LogP contribution in [0, 0.1) is 0 Å². The number of anilines is 2. The molecule has 4 rings (SSSR count). The van der Waals surface area contributed by atoms with Crippen LogP contribution in [0.5, 0.6) is 0 Å². The molecule has 0 fully saturated rings. The van der Waals surface area contributed by atoms with Crippen LogP contribution in [0.15, 0.2) is 75.9 Å². The van der Waals surface area contributed by atoms with Gasteiger partial charge < -0.3 is 24.5 Å². The molecule has 0 aliphatic carbocycles. The molecule has 222 valence electrons. The molecule has 0 bridgehead atoms. The third-order valence-corrected chi connectivity index (χ3v) is 6.94. The van der Waals surface area contributed by atoms with Gasteiger partial charge in [-0.15, -0.1) is 0 Å². The predicted octanol–water partition coefficient (Wildman–Crippen LogP) is 4.90. The van der Waals surface area contributed by atoms with Crippen molar-refractivity contribution in [1.82, 2.24) is 5.32 Å². The van der Waals surface area contributed by atoms with E-state index >= 15 is 0 Å². The largest absolute Gasteiger partial charge is 0.465 e. The summed E-state index contributed by atoms with van der Waals surface area (Å²) in [7, 11) is 1.20. The van der Waals surface area contributed by atoms with E-state index < -0.39 is 29.7 Å². The minimum atomic E-state index is -0.928. The first-order chi connectivity index (χ1) is 20.5. The Kier molecular flexibility index (Phi) is 9.69. The lowest BCUT2D eigenvalue weighted by atomic mass is 10.1. The average Bonchev–Trinajstić information content (AvgIpc) is 3.54. The summed E-state index contributed by atoms with van der Waals surface area (Å²) in [5, 5.41) is 5.37. The van der Waals surface area contributed by atoms with Crippen molar-refractivity contribution in [1.29, 1.82) is 0 Å². The number of hydrogen-bond acceptors (Lipinski definition) is 8. The molecule has 2 heterocycles. The summed E-state index contributed by atoms with van der Waals surface area (Å²) in [6.45, 7) is 3.38. The summed E-state index contributed by atoms with van der Waals surface area (Å²) >= 11 is 11.8. The smallest absolute Gasteiger partial charge is 0.340 e. The number of nitrogens with one attached hydrogen (secondary N) is 2. The van der Waals surface area contributed by atoms with Gasteiger partial charge in [0.05, 0.1) is 47.0 Å². The Morgan fingerprint density at radius 2 is 1.67 bits per heavy atom. The molecule has 0 unspecified atom stereocenters. The van der Waals surface area contributed by atoms with Crippen LogP contribution in [0.25, 0.3) is 6.08 Å². The molecule has 3 amide bonds. The van der Waals surface area contributed by atoms with E-state index in [1.807, 2.05) is 0 Å². The Labute approximate surface area is 256 Å². The zero-order valence-corrected chi connectivity index (χ0v) is 24.7. The van der Waals surface area contributed by atoms with Crippen molar-refractivity contribution >= 4 is 70.3 Å². The summed E-state index contributed by atoms with van der Waals surface area (Å²) in [5.41, 5.74) is 1.39. The summed E-state index contributed by atoms with van der Waals surface area (Å²) in [6.07, 6.45) is 1.38. The monoisotopic (exact) mass is 625 g/mol. The summed E-state index contributed by atoms with van der Waals surface area (Å²) < 4.78 is 15.6. The topological polar surface area (TPSA) is 144 Å². The van der Waals surface area contributed by atoms with E-state index in [-0.39, 0.29) is 46.5 Å². The van der Waals surface area contributed by atoms with Crippen LogP contribution in [0.4, 0.5) is 11.4 Å². The molecular weight excluding hydrogens is 601 g/mol. The Morgan fingerprint density at radius 1 is 0.953 bits per heavy atom. The highest BCUT2D eigenvalue weighted by Crippen LogP contribution is 2.36. The molecule has 1 aliphatic rings. The number of carbonyl (C=O) groups is 5. The van der Waals surface area contributed by atoms with Crippen molar-refractivity contribution in [2.75, 3.05) is 23.9 Å². The van der Waals surface area contributed by atoms with Gasteiger partial charge in [-0.05, 0) is 74.5 Å². The van der Waals surface area contributed by atoms with Crippen LogP contribution in [0.3, 0.4) is 0 Å². The summed E-state index contributed by atoms with van der Waals surface area (Å²) in [6, 6.07) is 13.6. The van der Waals surface area contributed by atoms with Crippen LogP contribution in [-0.4, -0.2) is 43.4 Å². The zero-order chi connectivity index (χ0) is 31.3. The van der Waals surface area contributed by atoms with Crippen molar-refractivity contribution in [2.24, 2.45) is 0 Å². The second kappa shape index (κ2) is 13.4. The number of esters is 2. The summed E-state index contributed by atoms with van der Waals surface area (Å²) in [4.78, 5) is 64.1. The molecule has 2 N–H and O–H groups in total. The molecule has 13 heteroatoms. The highest BCUT2D eigenvalue weighted by molar-refractivity contribution is 6.43. The molecule has 1 aromatic heterocycles. The molecular formula is C30H25Cl2N3O8. The Morgan fingerprint density at radius 3 is 2.33 bits per heavy atom. The number of rotatable bonds is 8. The predicted molar refractivity (Wildman–Crippen MR) is 158 cm³/mol. The number of furan rings is 1. The standard InChI is InChI=1S/C30H25Cl2N3O8/c1-4-42-29(39)17-5-8-19(9-6-17)35-16(2)25(30(40)41-3)22(28(35)38)14-20-10-11-21(43-20)15-33-26(36)27(37)34-18-7-12-23(31)24(32)13-18/h5-14H,4,15H2,1-3H3,(H,33,36)(H,34,37)/b22-14+. The Bertz CT molecular complexity index is 1670. The molecule has 0 saturated carbocycles. The van der Waals surface area contributed by atoms with E-state index in [4.69, 9.17) is 37.1 Å². The van der Waals surface area contributed by atoms with Crippen molar-refractivity contribution in [3.63, 3.8) is 0 Å². The third-order valence-electron chi connectivity index (χ3n) is 6.20. The van der Waals surface area contributed by atoms with Crippen LogP contribution in [0.1, 0.15) is 35.7 Å². The number of nitrogens with zero attached hydrogens (tertiary/aromatic N) is 1. The van der Waals surface area contributed by atoms with Gasteiger partial charge >= 0.3 is 23.8 Å². The first kappa shape index (κ1) is 31.1. The lowest BCUT2D eigenvalue weighted by molar-refractivity contribution is -0.136. The van der Waals surface area contributed by atoms with E-state index in [0.29, 0.717) is 22.0 Å². The number of halogens is 2. The van der Waals surface area contributed by atoms with Gasteiger partial charge in [0.25, 0.3) is 5.91 Å². The minimum Gasteiger partial charge on any atom is -0.465 e. The minimum absolute atomic E-state index is 0.0183. The lowest BCUT2D eigenvalue weighted by Gasteiger charge is -2.18. The van der Waals surface area contributed by atoms with Crippen LogP contribution in [0.2, 0.25) is 10.0 Å². The summed E-state index contributed by atoms with van der Waals surface area (Å²) in [5.74, 6) is -3.11. The fraction of sp³-hybridized carbons (Fsp3) is 0.167. The normalized spacial score (nSPS) is 13.7. The van der Waals surface area contributed by atoms with Crippen LogP contribution >= 0.6 is 23.2 Å². The van der Waals surface area contributed by atoms with E-state index in [1.165, 1.54) is 48.4 Å². The Balaban J connectivity index is 1.49. The number of benzene rings is 2. The van der Waals surface area contributed by atoms with Crippen molar-refractivity contribution in [3.05, 3.63) is 98.6 Å². The molecule has 43 heavy (non-hydrogen) atoms. The van der Waals surface area contributed by atoms with Crippen LogP contribution < -0.4 is 15.5 Å². The SMILES string of the molecule is CCOC(=O)c1ccc(N2C(=O)/C(=C/c3ccc(CNC(=O)C(=O)Nc4ccc(Cl)c(Cl)c4)o3)C(C(=O)OC)=C2C)cc1. The van der Waals surface area contributed by atoms with Gasteiger partial charge in [0.15, 0.2) is 0 Å². The van der Waals surface area contributed by atoms with Crippen molar-refractivity contribution in [3.8, 4) is 0 Å². The maximum Gasteiger partial charge on any atom is 0.340 e. The number of amides is 3. The average molecular weight is 626 g/mol. The lowest BCUT2D eigenvalue weighted by Crippen LogP contribution is -2.34. The second-order valence-corrected chi connectivity index (χ2v) is 9.80. The molecule has 11 nitrogen and oxygen atoms in total. The molecule has 2 aromatic carbocycles. The fourth-order valence-corrected chi connectivity index (χ4v) is 4.47. The zero-order valence-electron chi connectivity index (χ0n) is 23.2. The first-order valence-electron chi connectivity index (χ1n) is 12.8. The quantitative estimate of drug-likeness (QED) is 0.204. The van der Waals surface area contributed by atoms with E-state index in [2.05, 4.69) is 10.6 Å². The molecule has 3 aromatic rings. The molecule has 0 saturated heterocycles. The van der Waals surface area contributed by atoms with Crippen molar-refractivity contribution in [2.45, 2.75) is 20.4 Å². The number of methoxy groups -OCH3 is 1. The number of hydrogen-bond donors (Lipinski definition) is 2. The van der Waals surface area contributed by atoms with Gasteiger partial charge in [-0.2, -0.15) is 0 Å². The van der Waals surface area contributed by atoms with Gasteiger partial charge in [0, 0.05) is 17.1 Å². The Hall–Kier alpha value is -4.87. The van der Waals surface area contributed by atoms with Gasteiger partial charge in [-0.3, -0.25) is 19.3 Å². The van der Waals surface area contributed by atoms with Gasteiger partial charge in [0.2, 0.25) is 0 Å². The van der Waals surface area contributed by atoms with Crippen molar-refractivity contribution < 1.29 is 37.9 Å². The fourth-order valence-electron chi connectivity index (χ4n) is 4.17. The molecule has 0 spiro atoms. The number of carbonyl (C=O) groups excluding carboxylic acids is 5. The highest BCUT2D eigenvalue weighted by Gasteiger charge is 2.38. The third kappa shape index (κ3) is 6.96. The van der Waals surface area contributed by atoms with Gasteiger partial charge in [-0.1, -0.05) is 23.2 Å². The van der Waals surface area contributed by atoms with E-state index in [9.17, 15) is 24.0 Å². The van der Waals surface area contributed by atoms with E-state index in [0.717, 1.165) is 0 Å². The van der Waals surface area contributed by atoms with Gasteiger partial charge in [0.1, 0.15) is 11.5 Å². The maximum atomic E-state index is 13.5. The molecule has 1 aliphatic heterocycles. The van der Waals surface area contributed by atoms with Gasteiger partial charge in [-0.25, -0.2) is 9.59 Å². The second-order valence-electron chi connectivity index (χ2n) is 8.99. The maximum absolute atomic E-state index is 13.5. The number of allylic oxidation sites excluding steroid dienone is 1. The van der Waals surface area contributed by atoms with Crippen LogP contribution in [-0.2, 0) is 35.2 Å². The molecule has 0 radical (unpaired) electrons. The number of ether oxygens (including phenoxy) is 2. The molecule has 0 atom stereocenters. The first-order valence-corrected chi connectivity index (χ1v) is 13.6. The highest BCUT2D eigenvalue weighted by atomic mass is 35.5.